The maximum absolute atomic E-state index is 14.5. The predicted octanol–water partition coefficient (Wildman–Crippen LogP) is 3.57. The van der Waals surface area contributed by atoms with E-state index in [9.17, 15) is 17.6 Å². The van der Waals surface area contributed by atoms with Crippen molar-refractivity contribution in [1.82, 2.24) is 14.5 Å². The minimum Gasteiger partial charge on any atom is -0.493 e. The first kappa shape index (κ1) is 23.5. The molecule has 2 aromatic heterocycles. The van der Waals surface area contributed by atoms with Gasteiger partial charge in [-0.1, -0.05) is 24.3 Å². The van der Waals surface area contributed by atoms with Gasteiger partial charge in [0, 0.05) is 23.6 Å². The Balaban J connectivity index is 1.96. The predicted molar refractivity (Wildman–Crippen MR) is 128 cm³/mol. The fourth-order valence-electron chi connectivity index (χ4n) is 3.99. The molecule has 0 aliphatic heterocycles. The van der Waals surface area contributed by atoms with Crippen LogP contribution in [0, 0.1) is 5.82 Å². The van der Waals surface area contributed by atoms with Gasteiger partial charge in [0.25, 0.3) is 0 Å². The van der Waals surface area contributed by atoms with E-state index in [2.05, 4.69) is 9.97 Å². The molecule has 2 aromatic carbocycles. The molecular weight excluding hydrogens is 461 g/mol. The Labute approximate surface area is 195 Å². The highest BCUT2D eigenvalue weighted by Crippen LogP contribution is 2.34. The number of ether oxygens (including phenoxy) is 2. The van der Waals surface area contributed by atoms with Crippen LogP contribution in [-0.2, 0) is 9.84 Å². The van der Waals surface area contributed by atoms with Crippen LogP contribution in [0.1, 0.15) is 18.5 Å². The second kappa shape index (κ2) is 9.30. The molecule has 0 amide bonds. The molecular formula is C24H24FN3O5S. The average Bonchev–Trinajstić information content (AvgIpc) is 3.13. The summed E-state index contributed by atoms with van der Waals surface area (Å²) in [5.41, 5.74) is 1.24. The molecule has 0 saturated heterocycles. The minimum atomic E-state index is -3.53. The Morgan fingerprint density at radius 2 is 1.88 bits per heavy atom. The van der Waals surface area contributed by atoms with Gasteiger partial charge in [-0.15, -0.1) is 0 Å². The van der Waals surface area contributed by atoms with E-state index in [0.29, 0.717) is 40.3 Å². The van der Waals surface area contributed by atoms with Crippen molar-refractivity contribution >= 4 is 21.0 Å². The summed E-state index contributed by atoms with van der Waals surface area (Å²) in [7, 11) is -2.02. The summed E-state index contributed by atoms with van der Waals surface area (Å²) >= 11 is 0. The van der Waals surface area contributed by atoms with Crippen molar-refractivity contribution < 1.29 is 22.3 Å². The fraction of sp³-hybridized carbons (Fsp3) is 0.250. The maximum atomic E-state index is 14.5. The number of halogens is 1. The number of H-pyrrole nitrogens is 1. The van der Waals surface area contributed by atoms with Crippen LogP contribution >= 0.6 is 0 Å². The monoisotopic (exact) mass is 485 g/mol. The first-order chi connectivity index (χ1) is 16.2. The minimum absolute atomic E-state index is 0.216. The number of hydrogen-bond acceptors (Lipinski definition) is 6. The van der Waals surface area contributed by atoms with E-state index in [-0.39, 0.29) is 11.4 Å². The van der Waals surface area contributed by atoms with Gasteiger partial charge in [-0.25, -0.2) is 22.6 Å². The van der Waals surface area contributed by atoms with Gasteiger partial charge in [0.2, 0.25) is 0 Å². The summed E-state index contributed by atoms with van der Waals surface area (Å²) in [6.45, 7) is 2.19. The van der Waals surface area contributed by atoms with Crippen LogP contribution in [0.3, 0.4) is 0 Å². The summed E-state index contributed by atoms with van der Waals surface area (Å²) in [4.78, 5) is 20.3. The number of aromatic amines is 1. The van der Waals surface area contributed by atoms with Crippen molar-refractivity contribution in [2.45, 2.75) is 13.0 Å². The highest BCUT2D eigenvalue weighted by Gasteiger charge is 2.26. The maximum Gasteiger partial charge on any atom is 0.328 e. The smallest absolute Gasteiger partial charge is 0.328 e. The van der Waals surface area contributed by atoms with Crippen LogP contribution < -0.4 is 15.2 Å². The summed E-state index contributed by atoms with van der Waals surface area (Å²) in [6.07, 6.45) is 2.57. The number of nitrogens with zero attached hydrogens (tertiary/aromatic N) is 2. The second-order valence-corrected chi connectivity index (χ2v) is 9.97. The van der Waals surface area contributed by atoms with Gasteiger partial charge in [0.15, 0.2) is 17.1 Å². The van der Waals surface area contributed by atoms with Crippen molar-refractivity contribution in [3.63, 3.8) is 0 Å². The zero-order valence-corrected chi connectivity index (χ0v) is 19.7. The van der Waals surface area contributed by atoms with Crippen LogP contribution in [0.2, 0.25) is 0 Å². The van der Waals surface area contributed by atoms with Crippen LogP contribution in [-0.4, -0.2) is 48.7 Å². The van der Waals surface area contributed by atoms with Gasteiger partial charge < -0.3 is 14.5 Å². The van der Waals surface area contributed by atoms with Gasteiger partial charge in [-0.05, 0) is 36.8 Å². The van der Waals surface area contributed by atoms with E-state index < -0.39 is 27.4 Å². The lowest BCUT2D eigenvalue weighted by molar-refractivity contribution is 0.310. The number of nitrogens with one attached hydrogen (secondary N) is 1. The zero-order chi connectivity index (χ0) is 24.5. The highest BCUT2D eigenvalue weighted by atomic mass is 32.2. The van der Waals surface area contributed by atoms with E-state index in [1.54, 1.807) is 42.5 Å². The first-order valence-electron chi connectivity index (χ1n) is 10.6. The second-order valence-electron chi connectivity index (χ2n) is 7.79. The van der Waals surface area contributed by atoms with Crippen LogP contribution in [0.4, 0.5) is 4.39 Å². The molecule has 1 unspecified atom stereocenters. The lowest BCUT2D eigenvalue weighted by Crippen LogP contribution is -2.28. The van der Waals surface area contributed by atoms with Gasteiger partial charge in [0.05, 0.1) is 31.0 Å². The number of hydrogen-bond donors (Lipinski definition) is 1. The number of benzene rings is 2. The first-order valence-corrected chi connectivity index (χ1v) is 12.6. The largest absolute Gasteiger partial charge is 0.493 e. The summed E-state index contributed by atoms with van der Waals surface area (Å²) in [5, 5.41) is 0. The van der Waals surface area contributed by atoms with Gasteiger partial charge in [-0.2, -0.15) is 0 Å². The highest BCUT2D eigenvalue weighted by molar-refractivity contribution is 7.90. The Kier molecular flexibility index (Phi) is 6.43. The standard InChI is InChI=1S/C24H24FN3O5S/c1-4-33-21-13-15(9-10-20(21)32-2)19(14-34(3,30)31)28-23-22(27-24(28)29)17(11-12-26-23)16-7-5-6-8-18(16)25/h5-13,19H,4,14H2,1-3H3,(H,27,29). The number of imidazole rings is 1. The number of pyridine rings is 1. The van der Waals surface area contributed by atoms with Crippen LogP contribution in [0.15, 0.2) is 59.5 Å². The molecule has 0 fully saturated rings. The molecule has 34 heavy (non-hydrogen) atoms. The average molecular weight is 486 g/mol. The van der Waals surface area contributed by atoms with E-state index in [1.165, 1.54) is 23.9 Å². The topological polar surface area (TPSA) is 103 Å². The van der Waals surface area contributed by atoms with Crippen molar-refractivity contribution in [3.8, 4) is 22.6 Å². The zero-order valence-electron chi connectivity index (χ0n) is 18.9. The normalized spacial score (nSPS) is 12.6. The van der Waals surface area contributed by atoms with Crippen molar-refractivity contribution in [3.05, 3.63) is 76.6 Å². The van der Waals surface area contributed by atoms with Gasteiger partial charge in [0.1, 0.15) is 15.7 Å². The lowest BCUT2D eigenvalue weighted by atomic mass is 10.0. The molecule has 2 heterocycles. The molecule has 1 N–H and O–H groups in total. The quantitative estimate of drug-likeness (QED) is 0.409. The molecule has 4 aromatic rings. The third-order valence-electron chi connectivity index (χ3n) is 5.42. The molecule has 0 saturated carbocycles. The lowest BCUT2D eigenvalue weighted by Gasteiger charge is -2.20. The molecule has 0 aliphatic rings. The Morgan fingerprint density at radius 1 is 1.12 bits per heavy atom. The molecule has 1 atom stereocenters. The van der Waals surface area contributed by atoms with Crippen molar-refractivity contribution in [2.24, 2.45) is 0 Å². The number of fused-ring (bicyclic) bond motifs is 1. The Bertz CT molecular complexity index is 1510. The van der Waals surface area contributed by atoms with Crippen molar-refractivity contribution in [2.75, 3.05) is 25.7 Å². The third-order valence-corrected chi connectivity index (χ3v) is 6.34. The Hall–Kier alpha value is -3.66. The van der Waals surface area contributed by atoms with Gasteiger partial charge >= 0.3 is 5.69 Å². The molecule has 8 nitrogen and oxygen atoms in total. The van der Waals surface area contributed by atoms with E-state index in [4.69, 9.17) is 9.47 Å². The van der Waals surface area contributed by atoms with Crippen molar-refractivity contribution in [1.29, 1.82) is 0 Å². The SMILES string of the molecule is CCOc1cc(C(CS(C)(=O)=O)n2c(=O)[nH]c3c(-c4ccccc4F)ccnc32)ccc1OC. The van der Waals surface area contributed by atoms with E-state index >= 15 is 0 Å². The third kappa shape index (κ3) is 4.54. The molecule has 10 heteroatoms. The molecule has 0 bridgehead atoms. The summed E-state index contributed by atoms with van der Waals surface area (Å²) in [5.74, 6) is 0.0974. The number of methoxy groups -OCH3 is 1. The molecule has 4 rings (SSSR count). The van der Waals surface area contributed by atoms with Crippen LogP contribution in [0.25, 0.3) is 22.3 Å². The number of sulfone groups is 1. The van der Waals surface area contributed by atoms with E-state index in [0.717, 1.165) is 6.26 Å². The molecule has 178 valence electrons. The van der Waals surface area contributed by atoms with Gasteiger partial charge in [-0.3, -0.25) is 4.57 Å². The molecule has 0 spiro atoms. The number of rotatable bonds is 8. The fourth-order valence-corrected chi connectivity index (χ4v) is 4.90. The summed E-state index contributed by atoms with van der Waals surface area (Å²) < 4.78 is 51.5. The molecule has 0 aliphatic carbocycles. The number of aromatic nitrogens is 3. The molecule has 0 radical (unpaired) electrons. The van der Waals surface area contributed by atoms with E-state index in [1.807, 2.05) is 6.92 Å². The Morgan fingerprint density at radius 3 is 2.56 bits per heavy atom. The summed E-state index contributed by atoms with van der Waals surface area (Å²) in [6, 6.07) is 11.9. The van der Waals surface area contributed by atoms with Crippen LogP contribution in [0.5, 0.6) is 11.5 Å².